The minimum absolute atomic E-state index is 0.109. The van der Waals surface area contributed by atoms with Crippen LogP contribution in [0.25, 0.3) is 0 Å². The predicted octanol–water partition coefficient (Wildman–Crippen LogP) is 5.35. The summed E-state index contributed by atoms with van der Waals surface area (Å²) >= 11 is 0. The molecule has 6 nitrogen and oxygen atoms in total. The molecule has 42 heavy (non-hydrogen) atoms. The molecule has 0 spiro atoms. The maximum Gasteiger partial charge on any atom is 0.416 e. The fourth-order valence-electron chi connectivity index (χ4n) is 6.17. The highest BCUT2D eigenvalue weighted by molar-refractivity contribution is 5.75. The van der Waals surface area contributed by atoms with E-state index in [1.807, 2.05) is 24.4 Å². The second-order valence-corrected chi connectivity index (χ2v) is 11.2. The number of hydrogen-bond donors (Lipinski definition) is 1. The number of hydrogen-bond acceptors (Lipinski definition) is 5. The van der Waals surface area contributed by atoms with Crippen LogP contribution in [-0.2, 0) is 24.1 Å². The molecular formula is C32H37F4N5O. The molecule has 3 heterocycles. The van der Waals surface area contributed by atoms with Gasteiger partial charge >= 0.3 is 6.18 Å². The summed E-state index contributed by atoms with van der Waals surface area (Å²) in [6, 6.07) is 16.1. The van der Waals surface area contributed by atoms with Gasteiger partial charge in [0.25, 0.3) is 0 Å². The zero-order valence-electron chi connectivity index (χ0n) is 23.6. The van der Waals surface area contributed by atoms with Gasteiger partial charge in [-0.15, -0.1) is 0 Å². The van der Waals surface area contributed by atoms with Crippen molar-refractivity contribution in [3.63, 3.8) is 0 Å². The lowest BCUT2D eigenvalue weighted by Gasteiger charge is -2.47. The van der Waals surface area contributed by atoms with Gasteiger partial charge in [-0.3, -0.25) is 19.6 Å². The number of aromatic nitrogens is 1. The van der Waals surface area contributed by atoms with Crippen LogP contribution in [-0.4, -0.2) is 66.0 Å². The molecule has 2 fully saturated rings. The summed E-state index contributed by atoms with van der Waals surface area (Å²) in [6.45, 7) is 5.96. The molecule has 1 N–H and O–H groups in total. The Labute approximate surface area is 244 Å². The van der Waals surface area contributed by atoms with Gasteiger partial charge < -0.3 is 10.2 Å². The number of piperazine rings is 1. The minimum Gasteiger partial charge on any atom is -0.367 e. The molecule has 1 amide bonds. The molecule has 0 aliphatic carbocycles. The molecule has 5 rings (SSSR count). The monoisotopic (exact) mass is 583 g/mol. The van der Waals surface area contributed by atoms with Gasteiger partial charge in [-0.1, -0.05) is 30.3 Å². The molecule has 0 unspecified atom stereocenters. The molecule has 10 heteroatoms. The maximum atomic E-state index is 14.4. The third kappa shape index (κ3) is 7.86. The molecule has 2 saturated heterocycles. The largest absolute Gasteiger partial charge is 0.416 e. The molecular weight excluding hydrogens is 546 g/mol. The van der Waals surface area contributed by atoms with Crippen molar-refractivity contribution in [3.05, 3.63) is 95.6 Å². The molecule has 2 atom stereocenters. The van der Waals surface area contributed by atoms with Crippen molar-refractivity contribution in [3.8, 4) is 0 Å². The molecule has 224 valence electrons. The number of nitrogens with one attached hydrogen (secondary N) is 1. The molecule has 0 radical (unpaired) electrons. The maximum absolute atomic E-state index is 14.4. The first-order valence-corrected chi connectivity index (χ1v) is 14.5. The smallest absolute Gasteiger partial charge is 0.367 e. The number of rotatable bonds is 9. The molecule has 2 aliphatic rings. The van der Waals surface area contributed by atoms with E-state index in [1.165, 1.54) is 18.2 Å². The molecule has 2 aromatic carbocycles. The summed E-state index contributed by atoms with van der Waals surface area (Å²) < 4.78 is 52.9. The number of alkyl halides is 3. The Morgan fingerprint density at radius 2 is 1.69 bits per heavy atom. The van der Waals surface area contributed by atoms with Gasteiger partial charge in [-0.25, -0.2) is 4.39 Å². The van der Waals surface area contributed by atoms with Crippen molar-refractivity contribution in [2.24, 2.45) is 5.92 Å². The normalized spacial score (nSPS) is 20.4. The van der Waals surface area contributed by atoms with Crippen LogP contribution in [0.5, 0.6) is 0 Å². The zero-order valence-corrected chi connectivity index (χ0v) is 23.6. The van der Waals surface area contributed by atoms with Crippen LogP contribution in [0.15, 0.2) is 73.1 Å². The summed E-state index contributed by atoms with van der Waals surface area (Å²) in [6.07, 6.45) is 1.31. The van der Waals surface area contributed by atoms with Gasteiger partial charge in [0.15, 0.2) is 0 Å². The number of carbonyl (C=O) groups excluding carboxylic acids is 1. The Morgan fingerprint density at radius 3 is 2.38 bits per heavy atom. The summed E-state index contributed by atoms with van der Waals surface area (Å²) in [7, 11) is 0. The van der Waals surface area contributed by atoms with Crippen molar-refractivity contribution in [1.82, 2.24) is 20.1 Å². The van der Waals surface area contributed by atoms with E-state index in [0.717, 1.165) is 69.9 Å². The van der Waals surface area contributed by atoms with Gasteiger partial charge in [0.05, 0.1) is 11.3 Å². The number of piperidine rings is 1. The highest BCUT2D eigenvalue weighted by Crippen LogP contribution is 2.30. The third-order valence-corrected chi connectivity index (χ3v) is 8.40. The standard InChI is InChI=1S/C32H37F4N5O/c33-28-5-1-2-6-30(28)41-18-16-40(17-19-41)29-13-15-39(22-25-4-3-14-37-20-25)23-26(29)9-12-31(42)38-21-24-7-10-27(11-8-24)32(34,35)36/h1-8,10-11,14,20,26,29H,9,12-13,15-19,21-23H2,(H,38,42)/t26-,29+/m0/s1. The quantitative estimate of drug-likeness (QED) is 0.345. The molecule has 1 aromatic heterocycles. The van der Waals surface area contributed by atoms with Crippen LogP contribution < -0.4 is 10.2 Å². The van der Waals surface area contributed by atoms with E-state index in [0.29, 0.717) is 30.1 Å². The van der Waals surface area contributed by atoms with E-state index >= 15 is 0 Å². The summed E-state index contributed by atoms with van der Waals surface area (Å²) in [5.74, 6) is -0.0375. The first-order valence-electron chi connectivity index (χ1n) is 14.5. The van der Waals surface area contributed by atoms with Crippen molar-refractivity contribution >= 4 is 11.6 Å². The number of benzene rings is 2. The van der Waals surface area contributed by atoms with E-state index in [9.17, 15) is 22.4 Å². The average molecular weight is 584 g/mol. The van der Waals surface area contributed by atoms with Crippen LogP contribution in [0.3, 0.4) is 0 Å². The Hall–Kier alpha value is -3.50. The number of anilines is 1. The third-order valence-electron chi connectivity index (χ3n) is 8.40. The predicted molar refractivity (Wildman–Crippen MR) is 154 cm³/mol. The van der Waals surface area contributed by atoms with E-state index in [2.05, 4.69) is 31.1 Å². The number of para-hydroxylation sites is 1. The second kappa shape index (κ2) is 13.6. The topological polar surface area (TPSA) is 51.7 Å². The van der Waals surface area contributed by atoms with E-state index in [1.54, 1.807) is 12.3 Å². The number of pyridine rings is 1. The zero-order chi connectivity index (χ0) is 29.5. The second-order valence-electron chi connectivity index (χ2n) is 11.2. The number of halogens is 4. The summed E-state index contributed by atoms with van der Waals surface area (Å²) in [5.41, 5.74) is 1.72. The molecule has 3 aromatic rings. The van der Waals surface area contributed by atoms with Crippen LogP contribution >= 0.6 is 0 Å². The number of amides is 1. The van der Waals surface area contributed by atoms with Gasteiger partial charge in [0, 0.05) is 70.7 Å². The van der Waals surface area contributed by atoms with Crippen LogP contribution in [0.2, 0.25) is 0 Å². The van der Waals surface area contributed by atoms with E-state index in [4.69, 9.17) is 0 Å². The average Bonchev–Trinajstić information content (AvgIpc) is 3.00. The fraction of sp³-hybridized carbons (Fsp3) is 0.438. The summed E-state index contributed by atoms with van der Waals surface area (Å²) in [4.78, 5) is 24.1. The minimum atomic E-state index is -4.38. The lowest BCUT2D eigenvalue weighted by Crippen LogP contribution is -2.56. The highest BCUT2D eigenvalue weighted by atomic mass is 19.4. The van der Waals surface area contributed by atoms with Gasteiger partial charge in [0.1, 0.15) is 5.82 Å². The van der Waals surface area contributed by atoms with E-state index in [-0.39, 0.29) is 24.2 Å². The SMILES string of the molecule is O=C(CC[C@H]1CN(Cc2cccnc2)CC[C@H]1N1CCN(c2ccccc2F)CC1)NCc1ccc(C(F)(F)F)cc1. The number of carbonyl (C=O) groups is 1. The Balaban J connectivity index is 1.18. The molecule has 0 bridgehead atoms. The van der Waals surface area contributed by atoms with Crippen molar-refractivity contribution in [2.75, 3.05) is 44.2 Å². The van der Waals surface area contributed by atoms with Gasteiger partial charge in [0.2, 0.25) is 5.91 Å². The van der Waals surface area contributed by atoms with E-state index < -0.39 is 11.7 Å². The highest BCUT2D eigenvalue weighted by Gasteiger charge is 2.35. The Bertz CT molecular complexity index is 1300. The first-order chi connectivity index (χ1) is 20.3. The fourth-order valence-corrected chi connectivity index (χ4v) is 6.17. The lowest BCUT2D eigenvalue weighted by atomic mass is 9.86. The Kier molecular flexibility index (Phi) is 9.74. The van der Waals surface area contributed by atoms with Crippen LogP contribution in [0.4, 0.5) is 23.2 Å². The number of likely N-dealkylation sites (tertiary alicyclic amines) is 1. The Morgan fingerprint density at radius 1 is 0.929 bits per heavy atom. The number of nitrogens with zero attached hydrogens (tertiary/aromatic N) is 4. The van der Waals surface area contributed by atoms with Crippen LogP contribution in [0.1, 0.15) is 36.0 Å². The van der Waals surface area contributed by atoms with Crippen molar-refractivity contribution in [2.45, 2.75) is 44.6 Å². The summed E-state index contributed by atoms with van der Waals surface area (Å²) in [5, 5.41) is 2.87. The van der Waals surface area contributed by atoms with Crippen molar-refractivity contribution < 1.29 is 22.4 Å². The molecule has 2 aliphatic heterocycles. The lowest BCUT2D eigenvalue weighted by molar-refractivity contribution is -0.137. The van der Waals surface area contributed by atoms with Crippen LogP contribution in [0, 0.1) is 11.7 Å². The van der Waals surface area contributed by atoms with Crippen molar-refractivity contribution in [1.29, 1.82) is 0 Å². The molecule has 0 saturated carbocycles. The van der Waals surface area contributed by atoms with Gasteiger partial charge in [-0.2, -0.15) is 13.2 Å². The van der Waals surface area contributed by atoms with Gasteiger partial charge in [-0.05, 0) is 66.8 Å². The first kappa shape index (κ1) is 30.0.